The van der Waals surface area contributed by atoms with Gasteiger partial charge in [0.25, 0.3) is 5.56 Å². The van der Waals surface area contributed by atoms with Crippen LogP contribution in [0.5, 0.6) is 0 Å². The summed E-state index contributed by atoms with van der Waals surface area (Å²) in [5.41, 5.74) is 0.502. The summed E-state index contributed by atoms with van der Waals surface area (Å²) in [6, 6.07) is 0. The van der Waals surface area contributed by atoms with Gasteiger partial charge >= 0.3 is 0 Å². The Morgan fingerprint density at radius 3 is 3.06 bits per heavy atom. The summed E-state index contributed by atoms with van der Waals surface area (Å²) in [5.74, 6) is 0. The number of aliphatic hydroxyl groups is 1. The molecule has 0 fully saturated rings. The zero-order chi connectivity index (χ0) is 12.7. The molecule has 0 aliphatic rings. The maximum absolute atomic E-state index is 11.5. The van der Waals surface area contributed by atoms with Crippen LogP contribution in [0.3, 0.4) is 0 Å². The smallest absolute Gasteiger partial charge is 0.282 e. The van der Waals surface area contributed by atoms with Gasteiger partial charge in [-0.3, -0.25) is 4.79 Å². The number of nitrogens with zero attached hydrogens (tertiary/aromatic N) is 2. The minimum atomic E-state index is -0.175. The molecule has 0 aliphatic carbocycles. The molecule has 6 nitrogen and oxygen atoms in total. The molecule has 0 radical (unpaired) electrons. The quantitative estimate of drug-likeness (QED) is 0.711. The van der Waals surface area contributed by atoms with Crippen LogP contribution in [0.1, 0.15) is 6.42 Å². The SMILES string of the molecule is Cn1ncc(NCCCOCCO)c(Br)c1=O. The van der Waals surface area contributed by atoms with Gasteiger partial charge in [0.2, 0.25) is 0 Å². The summed E-state index contributed by atoms with van der Waals surface area (Å²) >= 11 is 3.22. The molecule has 0 aromatic carbocycles. The second kappa shape index (κ2) is 7.41. The zero-order valence-electron chi connectivity index (χ0n) is 9.65. The summed E-state index contributed by atoms with van der Waals surface area (Å²) in [4.78, 5) is 11.5. The first-order chi connectivity index (χ1) is 8.16. The number of aliphatic hydroxyl groups excluding tert-OH is 1. The highest BCUT2D eigenvalue weighted by Gasteiger charge is 2.05. The molecule has 0 spiro atoms. The Hall–Kier alpha value is -0.920. The van der Waals surface area contributed by atoms with Crippen molar-refractivity contribution in [3.63, 3.8) is 0 Å². The minimum Gasteiger partial charge on any atom is -0.394 e. The predicted octanol–water partition coefficient (Wildman–Crippen LogP) is 0.354. The highest BCUT2D eigenvalue weighted by atomic mass is 79.9. The van der Waals surface area contributed by atoms with Gasteiger partial charge in [-0.25, -0.2) is 4.68 Å². The summed E-state index contributed by atoms with van der Waals surface area (Å²) < 4.78 is 6.85. The van der Waals surface area contributed by atoms with Crippen LogP contribution in [0.25, 0.3) is 0 Å². The van der Waals surface area contributed by atoms with Gasteiger partial charge in [0.15, 0.2) is 0 Å². The van der Waals surface area contributed by atoms with E-state index in [9.17, 15) is 4.79 Å². The molecule has 1 aromatic heterocycles. The van der Waals surface area contributed by atoms with E-state index in [4.69, 9.17) is 9.84 Å². The second-order valence-corrected chi connectivity index (χ2v) is 4.21. The molecule has 1 heterocycles. The van der Waals surface area contributed by atoms with Crippen molar-refractivity contribution in [2.24, 2.45) is 7.05 Å². The fraction of sp³-hybridized carbons (Fsp3) is 0.600. The average molecular weight is 306 g/mol. The lowest BCUT2D eigenvalue weighted by Crippen LogP contribution is -2.21. The van der Waals surface area contributed by atoms with E-state index in [2.05, 4.69) is 26.3 Å². The molecule has 0 saturated carbocycles. The molecule has 0 atom stereocenters. The van der Waals surface area contributed by atoms with E-state index < -0.39 is 0 Å². The zero-order valence-corrected chi connectivity index (χ0v) is 11.2. The lowest BCUT2D eigenvalue weighted by molar-refractivity contribution is 0.0922. The average Bonchev–Trinajstić information content (AvgIpc) is 2.33. The van der Waals surface area contributed by atoms with Crippen molar-refractivity contribution in [2.45, 2.75) is 6.42 Å². The van der Waals surface area contributed by atoms with Crippen molar-refractivity contribution in [3.8, 4) is 0 Å². The molecule has 0 saturated heterocycles. The lowest BCUT2D eigenvalue weighted by atomic mass is 10.4. The topological polar surface area (TPSA) is 76.4 Å². The van der Waals surface area contributed by atoms with Crippen molar-refractivity contribution in [2.75, 3.05) is 31.7 Å². The Labute approximate surface area is 108 Å². The molecule has 7 heteroatoms. The van der Waals surface area contributed by atoms with Crippen molar-refractivity contribution in [3.05, 3.63) is 21.0 Å². The summed E-state index contributed by atoms with van der Waals surface area (Å²) in [7, 11) is 1.60. The van der Waals surface area contributed by atoms with Crippen LogP contribution in [0.15, 0.2) is 15.5 Å². The van der Waals surface area contributed by atoms with Gasteiger partial charge in [-0.05, 0) is 22.4 Å². The van der Waals surface area contributed by atoms with Crippen LogP contribution >= 0.6 is 15.9 Å². The van der Waals surface area contributed by atoms with Crippen LogP contribution < -0.4 is 10.9 Å². The van der Waals surface area contributed by atoms with Gasteiger partial charge < -0.3 is 15.2 Å². The lowest BCUT2D eigenvalue weighted by Gasteiger charge is -2.08. The van der Waals surface area contributed by atoms with E-state index in [1.807, 2.05) is 0 Å². The molecular weight excluding hydrogens is 290 g/mol. The second-order valence-electron chi connectivity index (χ2n) is 3.42. The normalized spacial score (nSPS) is 10.5. The fourth-order valence-electron chi connectivity index (χ4n) is 1.20. The third-order valence-corrected chi connectivity index (χ3v) is 2.86. The number of hydrogen-bond acceptors (Lipinski definition) is 5. The Morgan fingerprint density at radius 1 is 1.59 bits per heavy atom. The Balaban J connectivity index is 2.37. The van der Waals surface area contributed by atoms with E-state index in [1.165, 1.54) is 4.68 Å². The number of aromatic nitrogens is 2. The maximum Gasteiger partial charge on any atom is 0.282 e. The molecule has 96 valence electrons. The monoisotopic (exact) mass is 305 g/mol. The van der Waals surface area contributed by atoms with E-state index in [-0.39, 0.29) is 12.2 Å². The van der Waals surface area contributed by atoms with Crippen LogP contribution in [-0.4, -0.2) is 41.3 Å². The number of anilines is 1. The Morgan fingerprint density at radius 2 is 2.35 bits per heavy atom. The maximum atomic E-state index is 11.5. The van der Waals surface area contributed by atoms with Gasteiger partial charge in [0, 0.05) is 20.2 Å². The molecule has 1 aromatic rings. The van der Waals surface area contributed by atoms with Crippen molar-refractivity contribution >= 4 is 21.6 Å². The largest absolute Gasteiger partial charge is 0.394 e. The number of nitrogens with one attached hydrogen (secondary N) is 1. The number of hydrogen-bond donors (Lipinski definition) is 2. The first kappa shape index (κ1) is 14.1. The highest BCUT2D eigenvalue weighted by Crippen LogP contribution is 2.15. The van der Waals surface area contributed by atoms with E-state index >= 15 is 0 Å². The third-order valence-electron chi connectivity index (χ3n) is 2.09. The minimum absolute atomic E-state index is 0.0393. The van der Waals surface area contributed by atoms with Crippen molar-refractivity contribution in [1.82, 2.24) is 9.78 Å². The van der Waals surface area contributed by atoms with Gasteiger partial charge in [-0.15, -0.1) is 0 Å². The van der Waals surface area contributed by atoms with Crippen molar-refractivity contribution in [1.29, 1.82) is 0 Å². The molecule has 0 amide bonds. The summed E-state index contributed by atoms with van der Waals surface area (Å²) in [5, 5.41) is 15.5. The first-order valence-corrected chi connectivity index (χ1v) is 6.10. The highest BCUT2D eigenvalue weighted by molar-refractivity contribution is 9.10. The van der Waals surface area contributed by atoms with Gasteiger partial charge in [-0.2, -0.15) is 5.10 Å². The summed E-state index contributed by atoms with van der Waals surface area (Å²) in [6.45, 7) is 1.65. The molecular formula is C10H16BrN3O3. The van der Waals surface area contributed by atoms with E-state index in [0.717, 1.165) is 6.42 Å². The van der Waals surface area contributed by atoms with Crippen molar-refractivity contribution < 1.29 is 9.84 Å². The van der Waals surface area contributed by atoms with Crippen LogP contribution in [-0.2, 0) is 11.8 Å². The third kappa shape index (κ3) is 4.45. The Bertz CT molecular complexity index is 408. The molecule has 17 heavy (non-hydrogen) atoms. The summed E-state index contributed by atoms with van der Waals surface area (Å²) in [6.07, 6.45) is 2.39. The van der Waals surface area contributed by atoms with E-state index in [0.29, 0.717) is 29.9 Å². The van der Waals surface area contributed by atoms with E-state index in [1.54, 1.807) is 13.2 Å². The Kier molecular flexibility index (Phi) is 6.17. The first-order valence-electron chi connectivity index (χ1n) is 5.31. The van der Waals surface area contributed by atoms with Gasteiger partial charge in [0.05, 0.1) is 25.1 Å². The molecule has 1 rings (SSSR count). The number of halogens is 1. The molecule has 0 aliphatic heterocycles. The standard InChI is InChI=1S/C10H16BrN3O3/c1-14-10(16)9(11)8(7-13-14)12-3-2-5-17-6-4-15/h7,12,15H,2-6H2,1H3. The molecule has 2 N–H and O–H groups in total. The number of rotatable bonds is 7. The predicted molar refractivity (Wildman–Crippen MR) is 68.2 cm³/mol. The van der Waals surface area contributed by atoms with Crippen LogP contribution in [0, 0.1) is 0 Å². The molecule has 0 unspecified atom stereocenters. The molecule has 0 bridgehead atoms. The van der Waals surface area contributed by atoms with Crippen LogP contribution in [0.4, 0.5) is 5.69 Å². The van der Waals surface area contributed by atoms with Crippen LogP contribution in [0.2, 0.25) is 0 Å². The number of ether oxygens (including phenoxy) is 1. The van der Waals surface area contributed by atoms with Gasteiger partial charge in [0.1, 0.15) is 4.47 Å². The van der Waals surface area contributed by atoms with Gasteiger partial charge in [-0.1, -0.05) is 0 Å². The fourth-order valence-corrected chi connectivity index (χ4v) is 1.70. The number of aryl methyl sites for hydroxylation is 1.